The van der Waals surface area contributed by atoms with Gasteiger partial charge in [0, 0.05) is 11.9 Å². The molecule has 1 heterocycles. The molecule has 20 heavy (non-hydrogen) atoms. The first-order valence-electron chi connectivity index (χ1n) is 6.29. The Kier molecular flexibility index (Phi) is 6.02. The van der Waals surface area contributed by atoms with Gasteiger partial charge in [0.05, 0.1) is 23.8 Å². The number of thioether (sulfide) groups is 1. The van der Waals surface area contributed by atoms with Crippen molar-refractivity contribution in [2.24, 2.45) is 0 Å². The van der Waals surface area contributed by atoms with Crippen LogP contribution in [0.3, 0.4) is 0 Å². The van der Waals surface area contributed by atoms with Gasteiger partial charge in [0.25, 0.3) is 0 Å². The Morgan fingerprint density at radius 1 is 1.10 bits per heavy atom. The highest BCUT2D eigenvalue weighted by Crippen LogP contribution is 2.19. The largest absolute Gasteiger partial charge is 0.497 e. The fourth-order valence-electron chi connectivity index (χ4n) is 1.55. The van der Waals surface area contributed by atoms with Crippen LogP contribution in [0.15, 0.2) is 47.6 Å². The maximum absolute atomic E-state index is 5.78. The number of aromatic nitrogens is 1. The minimum Gasteiger partial charge on any atom is -0.497 e. The molecule has 2 aromatic rings. The second-order valence-electron chi connectivity index (χ2n) is 4.04. The van der Waals surface area contributed by atoms with Crippen molar-refractivity contribution in [2.75, 3.05) is 19.5 Å². The molecule has 0 fully saturated rings. The number of pyridine rings is 1. The SMILES string of the molecule is COc1ccc(OCCCSc2ccc(Cl)cn2)cc1. The lowest BCUT2D eigenvalue weighted by molar-refractivity contribution is 0.318. The van der Waals surface area contributed by atoms with Crippen molar-refractivity contribution in [3.63, 3.8) is 0 Å². The normalized spacial score (nSPS) is 10.3. The third kappa shape index (κ3) is 4.94. The van der Waals surface area contributed by atoms with Crippen LogP contribution in [-0.2, 0) is 0 Å². The van der Waals surface area contributed by atoms with E-state index in [-0.39, 0.29) is 0 Å². The molecule has 0 radical (unpaired) electrons. The van der Waals surface area contributed by atoms with Crippen molar-refractivity contribution in [1.82, 2.24) is 4.98 Å². The molecular weight excluding hydrogens is 294 g/mol. The summed E-state index contributed by atoms with van der Waals surface area (Å²) in [6.07, 6.45) is 2.62. The predicted molar refractivity (Wildman–Crippen MR) is 83.1 cm³/mol. The van der Waals surface area contributed by atoms with Crippen LogP contribution < -0.4 is 9.47 Å². The van der Waals surface area contributed by atoms with Crippen molar-refractivity contribution < 1.29 is 9.47 Å². The highest BCUT2D eigenvalue weighted by atomic mass is 35.5. The molecule has 0 bridgehead atoms. The Labute approximate surface area is 128 Å². The zero-order chi connectivity index (χ0) is 14.2. The smallest absolute Gasteiger partial charge is 0.119 e. The van der Waals surface area contributed by atoms with Crippen LogP contribution in [-0.4, -0.2) is 24.5 Å². The van der Waals surface area contributed by atoms with E-state index >= 15 is 0 Å². The van der Waals surface area contributed by atoms with Crippen molar-refractivity contribution in [2.45, 2.75) is 11.4 Å². The Hall–Kier alpha value is -1.39. The van der Waals surface area contributed by atoms with Gasteiger partial charge in [-0.1, -0.05) is 11.6 Å². The number of rotatable bonds is 7. The van der Waals surface area contributed by atoms with Crippen LogP contribution in [0.2, 0.25) is 5.02 Å². The first kappa shape index (κ1) is 15.0. The molecule has 0 aliphatic rings. The Bertz CT molecular complexity index is 516. The number of hydrogen-bond acceptors (Lipinski definition) is 4. The van der Waals surface area contributed by atoms with Crippen LogP contribution >= 0.6 is 23.4 Å². The number of ether oxygens (including phenoxy) is 2. The van der Waals surface area contributed by atoms with Crippen LogP contribution in [0, 0.1) is 0 Å². The van der Waals surface area contributed by atoms with Gasteiger partial charge in [-0.25, -0.2) is 4.98 Å². The maximum atomic E-state index is 5.78. The molecule has 3 nitrogen and oxygen atoms in total. The average molecular weight is 310 g/mol. The minimum absolute atomic E-state index is 0.664. The van der Waals surface area contributed by atoms with Gasteiger partial charge in [0.1, 0.15) is 11.5 Å². The third-order valence-corrected chi connectivity index (χ3v) is 3.82. The molecule has 0 amide bonds. The van der Waals surface area contributed by atoms with E-state index in [0.29, 0.717) is 11.6 Å². The maximum Gasteiger partial charge on any atom is 0.119 e. The second kappa shape index (κ2) is 8.02. The number of methoxy groups -OCH3 is 1. The van der Waals surface area contributed by atoms with Gasteiger partial charge >= 0.3 is 0 Å². The lowest BCUT2D eigenvalue weighted by Gasteiger charge is -2.06. The first-order chi connectivity index (χ1) is 9.78. The fraction of sp³-hybridized carbons (Fsp3) is 0.267. The molecule has 0 saturated carbocycles. The second-order valence-corrected chi connectivity index (χ2v) is 5.59. The lowest BCUT2D eigenvalue weighted by atomic mass is 10.3. The molecule has 0 atom stereocenters. The number of benzene rings is 1. The Morgan fingerprint density at radius 2 is 1.85 bits per heavy atom. The molecule has 0 aliphatic carbocycles. The van der Waals surface area contributed by atoms with Crippen LogP contribution in [0.5, 0.6) is 11.5 Å². The Morgan fingerprint density at radius 3 is 2.50 bits per heavy atom. The average Bonchev–Trinajstić information content (AvgIpc) is 2.49. The summed E-state index contributed by atoms with van der Waals surface area (Å²) in [5, 5.41) is 1.65. The van der Waals surface area contributed by atoms with Crippen LogP contribution in [0.25, 0.3) is 0 Å². The summed E-state index contributed by atoms with van der Waals surface area (Å²) >= 11 is 7.48. The van der Waals surface area contributed by atoms with Gasteiger partial charge in [0.2, 0.25) is 0 Å². The quantitative estimate of drug-likeness (QED) is 0.563. The van der Waals surface area contributed by atoms with E-state index in [1.165, 1.54) is 0 Å². The summed E-state index contributed by atoms with van der Waals surface area (Å²) in [5.41, 5.74) is 0. The molecule has 2 rings (SSSR count). The van der Waals surface area contributed by atoms with Gasteiger partial charge in [0.15, 0.2) is 0 Å². The number of nitrogens with zero attached hydrogens (tertiary/aromatic N) is 1. The molecule has 1 aromatic heterocycles. The van der Waals surface area contributed by atoms with E-state index in [1.807, 2.05) is 36.4 Å². The molecule has 0 spiro atoms. The molecule has 1 aromatic carbocycles. The standard InChI is InChI=1S/C15H16ClNO2S/c1-18-13-4-6-14(7-5-13)19-9-2-10-20-15-8-3-12(16)11-17-15/h3-8,11H,2,9-10H2,1H3. The van der Waals surface area contributed by atoms with Gasteiger partial charge in [-0.15, -0.1) is 11.8 Å². The summed E-state index contributed by atoms with van der Waals surface area (Å²) in [4.78, 5) is 4.23. The molecule has 0 N–H and O–H groups in total. The van der Waals surface area contributed by atoms with Gasteiger partial charge < -0.3 is 9.47 Å². The molecule has 5 heteroatoms. The van der Waals surface area contributed by atoms with Crippen molar-refractivity contribution in [3.05, 3.63) is 47.6 Å². The van der Waals surface area contributed by atoms with Crippen molar-refractivity contribution in [3.8, 4) is 11.5 Å². The summed E-state index contributed by atoms with van der Waals surface area (Å²) in [6, 6.07) is 11.4. The summed E-state index contributed by atoms with van der Waals surface area (Å²) in [5.74, 6) is 2.66. The molecular formula is C15H16ClNO2S. The highest BCUT2D eigenvalue weighted by Gasteiger charge is 1.98. The van der Waals surface area contributed by atoms with Gasteiger partial charge in [-0.3, -0.25) is 0 Å². The van der Waals surface area contributed by atoms with Gasteiger partial charge in [-0.05, 0) is 42.8 Å². The monoisotopic (exact) mass is 309 g/mol. The Balaban J connectivity index is 1.64. The van der Waals surface area contributed by atoms with Gasteiger partial charge in [-0.2, -0.15) is 0 Å². The molecule has 0 unspecified atom stereocenters. The predicted octanol–water partition coefficient (Wildman–Crippen LogP) is 4.30. The lowest BCUT2D eigenvalue weighted by Crippen LogP contribution is -1.98. The summed E-state index contributed by atoms with van der Waals surface area (Å²) in [7, 11) is 1.65. The van der Waals surface area contributed by atoms with E-state index < -0.39 is 0 Å². The summed E-state index contributed by atoms with van der Waals surface area (Å²) in [6.45, 7) is 0.687. The first-order valence-corrected chi connectivity index (χ1v) is 7.65. The highest BCUT2D eigenvalue weighted by molar-refractivity contribution is 7.99. The number of hydrogen-bond donors (Lipinski definition) is 0. The molecule has 106 valence electrons. The van der Waals surface area contributed by atoms with E-state index in [0.717, 1.165) is 28.7 Å². The van der Waals surface area contributed by atoms with Crippen molar-refractivity contribution in [1.29, 1.82) is 0 Å². The number of halogens is 1. The van der Waals surface area contributed by atoms with Crippen LogP contribution in [0.1, 0.15) is 6.42 Å². The summed E-state index contributed by atoms with van der Waals surface area (Å²) < 4.78 is 10.7. The zero-order valence-corrected chi connectivity index (χ0v) is 12.8. The van der Waals surface area contributed by atoms with E-state index in [1.54, 1.807) is 25.1 Å². The fourth-order valence-corrected chi connectivity index (χ4v) is 2.42. The molecule has 0 aliphatic heterocycles. The van der Waals surface area contributed by atoms with E-state index in [4.69, 9.17) is 21.1 Å². The topological polar surface area (TPSA) is 31.4 Å². The third-order valence-electron chi connectivity index (χ3n) is 2.57. The van der Waals surface area contributed by atoms with Crippen molar-refractivity contribution >= 4 is 23.4 Å². The molecule has 0 saturated heterocycles. The van der Waals surface area contributed by atoms with E-state index in [2.05, 4.69) is 4.98 Å². The minimum atomic E-state index is 0.664. The zero-order valence-electron chi connectivity index (χ0n) is 11.2. The van der Waals surface area contributed by atoms with E-state index in [9.17, 15) is 0 Å². The van der Waals surface area contributed by atoms with Crippen LogP contribution in [0.4, 0.5) is 0 Å².